The van der Waals surface area contributed by atoms with Crippen LogP contribution in [0.1, 0.15) is 30.9 Å². The molecular formula is C16H21N5. The van der Waals surface area contributed by atoms with Crippen LogP contribution in [-0.4, -0.2) is 27.9 Å². The molecule has 0 aliphatic carbocycles. The highest BCUT2D eigenvalue weighted by Crippen LogP contribution is 2.29. The molecule has 21 heavy (non-hydrogen) atoms. The molecule has 1 N–H and O–H groups in total. The molecule has 2 aliphatic rings. The molecule has 0 fully saturated rings. The summed E-state index contributed by atoms with van der Waals surface area (Å²) >= 11 is 0. The van der Waals surface area contributed by atoms with Gasteiger partial charge in [-0.25, -0.2) is 0 Å². The normalized spacial score (nSPS) is 17.6. The fraction of sp³-hybridized carbons (Fsp3) is 0.500. The highest BCUT2D eigenvalue weighted by molar-refractivity contribution is 5.70. The molecular weight excluding hydrogens is 262 g/mol. The number of nitrogens with zero attached hydrogens (tertiary/aromatic N) is 4. The molecule has 0 bridgehead atoms. The minimum absolute atomic E-state index is 0.853. The van der Waals surface area contributed by atoms with Crippen LogP contribution in [0.4, 0.5) is 11.4 Å². The Bertz CT molecular complexity index is 633. The van der Waals surface area contributed by atoms with E-state index in [1.807, 2.05) is 0 Å². The first-order chi connectivity index (χ1) is 10.4. The lowest BCUT2D eigenvalue weighted by molar-refractivity contribution is 0.504. The van der Waals surface area contributed by atoms with Gasteiger partial charge in [-0.15, -0.1) is 10.2 Å². The molecule has 2 aliphatic heterocycles. The van der Waals surface area contributed by atoms with Crippen molar-refractivity contribution in [3.8, 4) is 0 Å². The van der Waals surface area contributed by atoms with Crippen LogP contribution in [0, 0.1) is 0 Å². The summed E-state index contributed by atoms with van der Waals surface area (Å²) in [5.74, 6) is 2.28. The quantitative estimate of drug-likeness (QED) is 0.919. The van der Waals surface area contributed by atoms with Crippen LogP contribution in [0.15, 0.2) is 24.3 Å². The molecule has 110 valence electrons. The third kappa shape index (κ3) is 2.37. The summed E-state index contributed by atoms with van der Waals surface area (Å²) in [6.45, 7) is 4.02. The van der Waals surface area contributed by atoms with E-state index in [1.165, 1.54) is 24.2 Å². The van der Waals surface area contributed by atoms with Crippen molar-refractivity contribution in [1.29, 1.82) is 0 Å². The standard InChI is InChI=1S/C16H21N5/c1-2-7-14-13(6-1)17-9-5-10-20(14)12-16-19-18-15-8-3-4-11-21(15)16/h1-2,6-7,17H,3-5,8-12H2. The maximum Gasteiger partial charge on any atom is 0.152 e. The molecule has 1 aromatic heterocycles. The van der Waals surface area contributed by atoms with E-state index in [0.717, 1.165) is 50.7 Å². The van der Waals surface area contributed by atoms with Crippen molar-refractivity contribution in [2.24, 2.45) is 0 Å². The van der Waals surface area contributed by atoms with Crippen molar-refractivity contribution >= 4 is 11.4 Å². The molecule has 0 amide bonds. The van der Waals surface area contributed by atoms with E-state index >= 15 is 0 Å². The van der Waals surface area contributed by atoms with Crippen molar-refractivity contribution in [1.82, 2.24) is 14.8 Å². The first kappa shape index (κ1) is 12.7. The van der Waals surface area contributed by atoms with E-state index in [-0.39, 0.29) is 0 Å². The highest BCUT2D eigenvalue weighted by Gasteiger charge is 2.20. The number of fused-ring (bicyclic) bond motifs is 2. The van der Waals surface area contributed by atoms with Gasteiger partial charge in [-0.2, -0.15) is 0 Å². The Balaban J connectivity index is 1.63. The fourth-order valence-corrected chi connectivity index (χ4v) is 3.33. The molecule has 5 nitrogen and oxygen atoms in total. The van der Waals surface area contributed by atoms with Crippen LogP contribution in [0.2, 0.25) is 0 Å². The van der Waals surface area contributed by atoms with E-state index < -0.39 is 0 Å². The topological polar surface area (TPSA) is 46.0 Å². The summed E-state index contributed by atoms with van der Waals surface area (Å²) in [4.78, 5) is 2.43. The Morgan fingerprint density at radius 1 is 1.05 bits per heavy atom. The summed E-state index contributed by atoms with van der Waals surface area (Å²) in [5.41, 5.74) is 2.51. The van der Waals surface area contributed by atoms with Crippen LogP contribution < -0.4 is 10.2 Å². The third-order valence-electron chi connectivity index (χ3n) is 4.43. The first-order valence-electron chi connectivity index (χ1n) is 7.90. The van der Waals surface area contributed by atoms with E-state index in [9.17, 15) is 0 Å². The first-order valence-corrected chi connectivity index (χ1v) is 7.90. The minimum atomic E-state index is 0.853. The second-order valence-electron chi connectivity index (χ2n) is 5.86. The van der Waals surface area contributed by atoms with E-state index in [4.69, 9.17) is 0 Å². The van der Waals surface area contributed by atoms with Crippen molar-refractivity contribution in [3.63, 3.8) is 0 Å². The number of para-hydroxylation sites is 2. The second-order valence-corrected chi connectivity index (χ2v) is 5.86. The Morgan fingerprint density at radius 3 is 3.00 bits per heavy atom. The van der Waals surface area contributed by atoms with Crippen LogP contribution in [0.3, 0.4) is 0 Å². The van der Waals surface area contributed by atoms with Gasteiger partial charge < -0.3 is 14.8 Å². The predicted molar refractivity (Wildman–Crippen MR) is 83.6 cm³/mol. The number of nitrogens with one attached hydrogen (secondary N) is 1. The monoisotopic (exact) mass is 283 g/mol. The molecule has 0 radical (unpaired) electrons. The molecule has 2 aromatic rings. The van der Waals surface area contributed by atoms with Gasteiger partial charge in [0.1, 0.15) is 5.82 Å². The number of anilines is 2. The SMILES string of the molecule is c1ccc2c(c1)NCCCN2Cc1nnc2n1CCCC2. The fourth-order valence-electron chi connectivity index (χ4n) is 3.33. The predicted octanol–water partition coefficient (Wildman–Crippen LogP) is 2.44. The third-order valence-corrected chi connectivity index (χ3v) is 4.43. The van der Waals surface area contributed by atoms with E-state index in [1.54, 1.807) is 0 Å². The van der Waals surface area contributed by atoms with Gasteiger partial charge in [-0.1, -0.05) is 12.1 Å². The molecule has 0 spiro atoms. The summed E-state index contributed by atoms with van der Waals surface area (Å²) in [7, 11) is 0. The summed E-state index contributed by atoms with van der Waals surface area (Å²) < 4.78 is 2.32. The molecule has 1 aromatic carbocycles. The zero-order valence-corrected chi connectivity index (χ0v) is 12.3. The smallest absolute Gasteiger partial charge is 0.152 e. The van der Waals surface area contributed by atoms with Gasteiger partial charge in [0.2, 0.25) is 0 Å². The molecule has 0 saturated carbocycles. The Morgan fingerprint density at radius 2 is 2.00 bits per heavy atom. The number of hydrogen-bond acceptors (Lipinski definition) is 4. The summed E-state index contributed by atoms with van der Waals surface area (Å²) in [6, 6.07) is 8.56. The maximum atomic E-state index is 4.45. The lowest BCUT2D eigenvalue weighted by Crippen LogP contribution is -2.26. The van der Waals surface area contributed by atoms with Gasteiger partial charge in [0.25, 0.3) is 0 Å². The molecule has 5 heteroatoms. The zero-order chi connectivity index (χ0) is 14.1. The minimum Gasteiger partial charge on any atom is -0.383 e. The Hall–Kier alpha value is -2.04. The van der Waals surface area contributed by atoms with Gasteiger partial charge in [-0.05, 0) is 31.4 Å². The molecule has 3 heterocycles. The number of rotatable bonds is 2. The zero-order valence-electron chi connectivity index (χ0n) is 12.3. The van der Waals surface area contributed by atoms with Crippen LogP contribution in [0.5, 0.6) is 0 Å². The van der Waals surface area contributed by atoms with E-state index in [0.29, 0.717) is 0 Å². The second kappa shape index (κ2) is 5.39. The van der Waals surface area contributed by atoms with Gasteiger partial charge in [0.05, 0.1) is 17.9 Å². The highest BCUT2D eigenvalue weighted by atomic mass is 15.3. The largest absolute Gasteiger partial charge is 0.383 e. The van der Waals surface area contributed by atoms with Crippen molar-refractivity contribution in [2.45, 2.75) is 38.8 Å². The van der Waals surface area contributed by atoms with Crippen LogP contribution >= 0.6 is 0 Å². The molecule has 0 atom stereocenters. The summed E-state index contributed by atoms with van der Waals surface area (Å²) in [6.07, 6.45) is 4.71. The molecule has 4 rings (SSSR count). The number of hydrogen-bond donors (Lipinski definition) is 1. The van der Waals surface area contributed by atoms with Crippen molar-refractivity contribution in [3.05, 3.63) is 35.9 Å². The van der Waals surface area contributed by atoms with Crippen molar-refractivity contribution in [2.75, 3.05) is 23.3 Å². The van der Waals surface area contributed by atoms with E-state index in [2.05, 4.69) is 49.2 Å². The number of benzene rings is 1. The Labute approximate surface area is 125 Å². The summed E-state index contributed by atoms with van der Waals surface area (Å²) in [5, 5.41) is 12.3. The average Bonchev–Trinajstić information content (AvgIpc) is 2.82. The Kier molecular flexibility index (Phi) is 3.25. The van der Waals surface area contributed by atoms with Crippen LogP contribution in [-0.2, 0) is 19.5 Å². The van der Waals surface area contributed by atoms with Gasteiger partial charge in [0.15, 0.2) is 5.82 Å². The number of aromatic nitrogens is 3. The van der Waals surface area contributed by atoms with Crippen LogP contribution in [0.25, 0.3) is 0 Å². The van der Waals surface area contributed by atoms with Gasteiger partial charge >= 0.3 is 0 Å². The number of aryl methyl sites for hydroxylation is 1. The average molecular weight is 283 g/mol. The lowest BCUT2D eigenvalue weighted by Gasteiger charge is -2.25. The maximum absolute atomic E-state index is 4.45. The molecule has 0 unspecified atom stereocenters. The van der Waals surface area contributed by atoms with Gasteiger partial charge in [0, 0.05) is 26.1 Å². The van der Waals surface area contributed by atoms with Crippen molar-refractivity contribution < 1.29 is 0 Å². The van der Waals surface area contributed by atoms with Gasteiger partial charge in [-0.3, -0.25) is 0 Å². The molecule has 0 saturated heterocycles. The lowest BCUT2D eigenvalue weighted by atomic mass is 10.1.